The summed E-state index contributed by atoms with van der Waals surface area (Å²) in [4.78, 5) is 25.4. The molecule has 1 aromatic rings. The van der Waals surface area contributed by atoms with Crippen LogP contribution in [0.2, 0.25) is 0 Å². The lowest BCUT2D eigenvalue weighted by molar-refractivity contribution is -0.134. The number of benzene rings is 1. The molecule has 1 aliphatic heterocycles. The molecule has 0 bridgehead atoms. The van der Waals surface area contributed by atoms with Crippen LogP contribution >= 0.6 is 0 Å². The topological polar surface area (TPSA) is 57.6 Å². The molecule has 0 unspecified atom stereocenters. The van der Waals surface area contributed by atoms with E-state index in [9.17, 15) is 9.59 Å². The summed E-state index contributed by atoms with van der Waals surface area (Å²) in [6.07, 6.45) is 3.06. The lowest BCUT2D eigenvalue weighted by Crippen LogP contribution is -2.43. The van der Waals surface area contributed by atoms with Crippen LogP contribution < -0.4 is 0 Å². The molecule has 0 saturated carbocycles. The normalized spacial score (nSPS) is 17.5. The molecule has 2 rings (SSSR count). The Morgan fingerprint density at radius 2 is 2.00 bits per heavy atom. The number of nitrogens with zero attached hydrogens (tertiary/aromatic N) is 1. The maximum absolute atomic E-state index is 12.3. The maximum atomic E-state index is 12.3. The second kappa shape index (κ2) is 6.29. The fraction of sp³-hybridized carbons (Fsp3) is 0.529. The maximum Gasteiger partial charge on any atom is 0.335 e. The Labute approximate surface area is 125 Å². The van der Waals surface area contributed by atoms with E-state index >= 15 is 0 Å². The quantitative estimate of drug-likeness (QED) is 0.927. The standard InChI is InChI=1S/C17H23NO3/c1-17(2)10-5-11-18(12-17)15(19)9-8-13-6-3-4-7-14(13)16(20)21/h3-4,6-7H,5,8-12H2,1-2H3,(H,20,21). The Morgan fingerprint density at radius 1 is 1.29 bits per heavy atom. The number of hydrogen-bond donors (Lipinski definition) is 1. The van der Waals surface area contributed by atoms with Gasteiger partial charge in [-0.3, -0.25) is 4.79 Å². The van der Waals surface area contributed by atoms with Crippen molar-refractivity contribution in [2.24, 2.45) is 5.41 Å². The van der Waals surface area contributed by atoms with Gasteiger partial charge in [-0.1, -0.05) is 32.0 Å². The van der Waals surface area contributed by atoms with Gasteiger partial charge in [0.05, 0.1) is 5.56 Å². The highest BCUT2D eigenvalue weighted by molar-refractivity contribution is 5.89. The number of aryl methyl sites for hydroxylation is 1. The summed E-state index contributed by atoms with van der Waals surface area (Å²) < 4.78 is 0. The van der Waals surface area contributed by atoms with Crippen LogP contribution in [0.15, 0.2) is 24.3 Å². The van der Waals surface area contributed by atoms with E-state index in [2.05, 4.69) is 13.8 Å². The molecule has 0 radical (unpaired) electrons. The molecule has 0 atom stereocenters. The third-order valence-corrected chi connectivity index (χ3v) is 4.11. The highest BCUT2D eigenvalue weighted by Crippen LogP contribution is 2.28. The Morgan fingerprint density at radius 3 is 2.67 bits per heavy atom. The fourth-order valence-electron chi connectivity index (χ4n) is 2.98. The molecule has 1 saturated heterocycles. The molecule has 0 spiro atoms. The van der Waals surface area contributed by atoms with Gasteiger partial charge in [0, 0.05) is 19.5 Å². The highest BCUT2D eigenvalue weighted by atomic mass is 16.4. The zero-order valence-corrected chi connectivity index (χ0v) is 12.8. The van der Waals surface area contributed by atoms with Crippen molar-refractivity contribution in [3.05, 3.63) is 35.4 Å². The second-order valence-electron chi connectivity index (χ2n) is 6.55. The Hall–Kier alpha value is -1.84. The van der Waals surface area contributed by atoms with Gasteiger partial charge in [0.15, 0.2) is 0 Å². The van der Waals surface area contributed by atoms with E-state index in [4.69, 9.17) is 5.11 Å². The number of likely N-dealkylation sites (tertiary alicyclic amines) is 1. The number of carbonyl (C=O) groups excluding carboxylic acids is 1. The molecular weight excluding hydrogens is 266 g/mol. The van der Waals surface area contributed by atoms with Gasteiger partial charge >= 0.3 is 5.97 Å². The number of carboxylic acid groups (broad SMARTS) is 1. The van der Waals surface area contributed by atoms with E-state index < -0.39 is 5.97 Å². The number of hydrogen-bond acceptors (Lipinski definition) is 2. The summed E-state index contributed by atoms with van der Waals surface area (Å²) in [6, 6.07) is 6.90. The number of carbonyl (C=O) groups is 2. The largest absolute Gasteiger partial charge is 0.478 e. The van der Waals surface area contributed by atoms with Crippen LogP contribution in [0.25, 0.3) is 0 Å². The average Bonchev–Trinajstić information content (AvgIpc) is 2.43. The van der Waals surface area contributed by atoms with Crippen molar-refractivity contribution in [1.29, 1.82) is 0 Å². The molecule has 0 aromatic heterocycles. The first kappa shape index (κ1) is 15.5. The second-order valence-corrected chi connectivity index (χ2v) is 6.55. The molecule has 1 heterocycles. The molecule has 0 aliphatic carbocycles. The van der Waals surface area contributed by atoms with Gasteiger partial charge in [-0.15, -0.1) is 0 Å². The summed E-state index contributed by atoms with van der Waals surface area (Å²) in [5.74, 6) is -0.805. The van der Waals surface area contributed by atoms with E-state index in [1.807, 2.05) is 11.0 Å². The van der Waals surface area contributed by atoms with Crippen LogP contribution in [-0.4, -0.2) is 35.0 Å². The van der Waals surface area contributed by atoms with Gasteiger partial charge < -0.3 is 10.0 Å². The lowest BCUT2D eigenvalue weighted by atomic mass is 9.84. The van der Waals surface area contributed by atoms with E-state index in [0.717, 1.165) is 31.5 Å². The van der Waals surface area contributed by atoms with Gasteiger partial charge in [-0.25, -0.2) is 4.79 Å². The van der Waals surface area contributed by atoms with Crippen molar-refractivity contribution < 1.29 is 14.7 Å². The van der Waals surface area contributed by atoms with Crippen LogP contribution in [0.3, 0.4) is 0 Å². The van der Waals surface area contributed by atoms with Crippen molar-refractivity contribution in [2.45, 2.75) is 39.5 Å². The van der Waals surface area contributed by atoms with Crippen LogP contribution in [0.5, 0.6) is 0 Å². The van der Waals surface area contributed by atoms with Crippen LogP contribution in [0.1, 0.15) is 49.0 Å². The first-order valence-electron chi connectivity index (χ1n) is 7.48. The van der Waals surface area contributed by atoms with E-state index in [0.29, 0.717) is 18.4 Å². The van der Waals surface area contributed by atoms with Crippen LogP contribution in [0, 0.1) is 5.41 Å². The fourth-order valence-corrected chi connectivity index (χ4v) is 2.98. The summed E-state index contributed by atoms with van der Waals surface area (Å²) in [5, 5.41) is 9.15. The molecule has 21 heavy (non-hydrogen) atoms. The van der Waals surface area contributed by atoms with Crippen molar-refractivity contribution >= 4 is 11.9 Å². The van der Waals surface area contributed by atoms with Gasteiger partial charge in [0.2, 0.25) is 5.91 Å². The monoisotopic (exact) mass is 289 g/mol. The lowest BCUT2D eigenvalue weighted by Gasteiger charge is -2.38. The average molecular weight is 289 g/mol. The predicted molar refractivity (Wildman–Crippen MR) is 81.3 cm³/mol. The third-order valence-electron chi connectivity index (χ3n) is 4.11. The summed E-state index contributed by atoms with van der Waals surface area (Å²) in [7, 11) is 0. The van der Waals surface area contributed by atoms with E-state index in [-0.39, 0.29) is 11.3 Å². The van der Waals surface area contributed by atoms with Gasteiger partial charge in [0.25, 0.3) is 0 Å². The van der Waals surface area contributed by atoms with Crippen LogP contribution in [0.4, 0.5) is 0 Å². The molecule has 4 nitrogen and oxygen atoms in total. The third kappa shape index (κ3) is 4.06. The number of amides is 1. The number of carboxylic acids is 1. The Bertz CT molecular complexity index is 537. The highest BCUT2D eigenvalue weighted by Gasteiger charge is 2.28. The zero-order chi connectivity index (χ0) is 15.5. The smallest absolute Gasteiger partial charge is 0.335 e. The molecule has 1 fully saturated rings. The molecule has 1 N–H and O–H groups in total. The molecule has 114 valence electrons. The minimum absolute atomic E-state index is 0.128. The van der Waals surface area contributed by atoms with Crippen molar-refractivity contribution in [3.63, 3.8) is 0 Å². The molecule has 4 heteroatoms. The predicted octanol–water partition coefficient (Wildman–Crippen LogP) is 2.97. The molecular formula is C17H23NO3. The SMILES string of the molecule is CC1(C)CCCN(C(=O)CCc2ccccc2C(=O)O)C1. The van der Waals surface area contributed by atoms with Crippen molar-refractivity contribution in [2.75, 3.05) is 13.1 Å². The number of rotatable bonds is 4. The molecule has 1 amide bonds. The van der Waals surface area contributed by atoms with Crippen molar-refractivity contribution in [3.8, 4) is 0 Å². The minimum atomic E-state index is -0.933. The van der Waals surface area contributed by atoms with Crippen molar-refractivity contribution in [1.82, 2.24) is 4.90 Å². The first-order chi connectivity index (χ1) is 9.89. The summed E-state index contributed by atoms with van der Waals surface area (Å²) >= 11 is 0. The minimum Gasteiger partial charge on any atom is -0.478 e. The van der Waals surface area contributed by atoms with Gasteiger partial charge in [-0.2, -0.15) is 0 Å². The molecule has 1 aliphatic rings. The van der Waals surface area contributed by atoms with E-state index in [1.54, 1.807) is 18.2 Å². The summed E-state index contributed by atoms with van der Waals surface area (Å²) in [6.45, 7) is 5.99. The molecule has 1 aromatic carbocycles. The van der Waals surface area contributed by atoms with Gasteiger partial charge in [-0.05, 0) is 36.3 Å². The first-order valence-corrected chi connectivity index (χ1v) is 7.48. The number of piperidine rings is 1. The Balaban J connectivity index is 1.97. The van der Waals surface area contributed by atoms with Gasteiger partial charge in [0.1, 0.15) is 0 Å². The number of aromatic carboxylic acids is 1. The van der Waals surface area contributed by atoms with Crippen LogP contribution in [-0.2, 0) is 11.2 Å². The Kier molecular flexibility index (Phi) is 4.66. The summed E-state index contributed by atoms with van der Waals surface area (Å²) in [5.41, 5.74) is 1.21. The zero-order valence-electron chi connectivity index (χ0n) is 12.8. The van der Waals surface area contributed by atoms with E-state index in [1.165, 1.54) is 0 Å².